The molecule has 5 aromatic rings. The molecule has 5 nitrogen and oxygen atoms in total. The Labute approximate surface area is 259 Å². The minimum atomic E-state index is 0.168. The topological polar surface area (TPSA) is 67.8 Å². The molecule has 0 amide bonds. The monoisotopic (exact) mass is 614 g/mol. The van der Waals surface area contributed by atoms with Gasteiger partial charge >= 0.3 is 0 Å². The summed E-state index contributed by atoms with van der Waals surface area (Å²) in [6.07, 6.45) is 1.58. The van der Waals surface area contributed by atoms with Crippen LogP contribution in [0.3, 0.4) is 0 Å². The van der Waals surface area contributed by atoms with Crippen LogP contribution in [0, 0.1) is 25.2 Å². The molecule has 42 heavy (non-hydrogen) atoms. The number of halogens is 3. The van der Waals surface area contributed by atoms with Crippen LogP contribution in [0.5, 0.6) is 11.5 Å². The first-order chi connectivity index (χ1) is 20.3. The Hall–Kier alpha value is -4.21. The Morgan fingerprint density at radius 1 is 0.857 bits per heavy atom. The number of hydrogen-bond acceptors (Lipinski definition) is 5. The maximum atomic E-state index is 10.2. The fraction of sp³-hybridized carbons (Fsp3) is 0.118. The summed E-state index contributed by atoms with van der Waals surface area (Å²) in [5.41, 5.74) is 6.35. The average molecular weight is 616 g/mol. The fourth-order valence-corrected chi connectivity index (χ4v) is 5.13. The molecule has 0 saturated heterocycles. The summed E-state index contributed by atoms with van der Waals surface area (Å²) in [5, 5.41) is 11.6. The van der Waals surface area contributed by atoms with Crippen LogP contribution in [0.1, 0.15) is 27.8 Å². The van der Waals surface area contributed by atoms with Crippen LogP contribution >= 0.6 is 34.8 Å². The highest BCUT2D eigenvalue weighted by Crippen LogP contribution is 2.43. The summed E-state index contributed by atoms with van der Waals surface area (Å²) in [5.74, 6) is 1.54. The quantitative estimate of drug-likeness (QED) is 0.163. The van der Waals surface area contributed by atoms with Crippen molar-refractivity contribution in [3.63, 3.8) is 0 Å². The summed E-state index contributed by atoms with van der Waals surface area (Å²) in [4.78, 5) is 4.58. The van der Waals surface area contributed by atoms with Crippen molar-refractivity contribution >= 4 is 46.9 Å². The van der Waals surface area contributed by atoms with Gasteiger partial charge in [0.25, 0.3) is 0 Å². The van der Waals surface area contributed by atoms with Gasteiger partial charge in [0.05, 0.1) is 12.1 Å². The number of nitriles is 1. The molecule has 0 aliphatic carbocycles. The van der Waals surface area contributed by atoms with Crippen LogP contribution < -0.4 is 9.47 Å². The smallest absolute Gasteiger partial charge is 0.238 e. The molecule has 0 aliphatic rings. The van der Waals surface area contributed by atoms with E-state index in [9.17, 15) is 5.26 Å². The number of aryl methyl sites for hydroxylation is 2. The number of hydrogen-bond donors (Lipinski definition) is 0. The predicted octanol–water partition coefficient (Wildman–Crippen LogP) is 10.4. The first kappa shape index (κ1) is 29.3. The maximum Gasteiger partial charge on any atom is 0.238 e. The van der Waals surface area contributed by atoms with E-state index in [1.165, 1.54) is 7.11 Å². The van der Waals surface area contributed by atoms with Crippen LogP contribution in [-0.4, -0.2) is 13.3 Å². The van der Waals surface area contributed by atoms with Crippen LogP contribution in [0.2, 0.25) is 15.1 Å². The van der Waals surface area contributed by atoms with Crippen molar-refractivity contribution in [1.29, 1.82) is 5.26 Å². The molecule has 0 radical (unpaired) electrons. The van der Waals surface area contributed by atoms with Gasteiger partial charge in [-0.15, -0.1) is 0 Å². The molecular formula is C34H25Cl3N2O3. The number of ether oxygens (including phenoxy) is 2. The molecule has 4 aromatic carbocycles. The molecule has 0 N–H and O–H groups in total. The molecule has 210 valence electrons. The Morgan fingerprint density at radius 3 is 2.14 bits per heavy atom. The number of furan rings is 1. The lowest BCUT2D eigenvalue weighted by Crippen LogP contribution is -2.00. The minimum absolute atomic E-state index is 0.168. The molecule has 0 spiro atoms. The molecule has 0 aliphatic heterocycles. The van der Waals surface area contributed by atoms with Crippen molar-refractivity contribution in [3.8, 4) is 40.0 Å². The van der Waals surface area contributed by atoms with E-state index < -0.39 is 0 Å². The predicted molar refractivity (Wildman–Crippen MR) is 170 cm³/mol. The molecule has 0 atom stereocenters. The van der Waals surface area contributed by atoms with E-state index in [-0.39, 0.29) is 12.5 Å². The minimum Gasteiger partial charge on any atom is -0.493 e. The van der Waals surface area contributed by atoms with Gasteiger partial charge in [0.2, 0.25) is 5.88 Å². The van der Waals surface area contributed by atoms with E-state index in [1.807, 2.05) is 62.4 Å². The summed E-state index contributed by atoms with van der Waals surface area (Å²) >= 11 is 18.9. The highest BCUT2D eigenvalue weighted by atomic mass is 35.5. The molecule has 8 heteroatoms. The standard InChI is InChI=1S/C34H25Cl3N2O3/c1-20-4-8-23(9-5-20)31-27(17-38)34(42-32(31)24-10-6-21(2)7-11-24)39-18-22-14-29(37)33(30(15-22)40-3)41-19-25-12-13-26(35)16-28(25)36/h4-16,18H,19H2,1-3H3. The van der Waals surface area contributed by atoms with E-state index >= 15 is 0 Å². The zero-order chi connectivity index (χ0) is 29.8. The van der Waals surface area contributed by atoms with Crippen LogP contribution in [0.15, 0.2) is 88.3 Å². The van der Waals surface area contributed by atoms with E-state index in [2.05, 4.69) is 11.1 Å². The van der Waals surface area contributed by atoms with Crippen LogP contribution in [0.4, 0.5) is 5.88 Å². The number of methoxy groups -OCH3 is 1. The number of aliphatic imine (C=N–C) groups is 1. The summed E-state index contributed by atoms with van der Waals surface area (Å²) < 4.78 is 17.8. The third-order valence-electron chi connectivity index (χ3n) is 6.63. The highest BCUT2D eigenvalue weighted by Gasteiger charge is 2.23. The summed E-state index contributed by atoms with van der Waals surface area (Å²) in [7, 11) is 1.52. The van der Waals surface area contributed by atoms with Crippen molar-refractivity contribution < 1.29 is 13.9 Å². The molecule has 5 rings (SSSR count). The van der Waals surface area contributed by atoms with Gasteiger partial charge in [-0.3, -0.25) is 0 Å². The summed E-state index contributed by atoms with van der Waals surface area (Å²) in [6.45, 7) is 4.20. The van der Waals surface area contributed by atoms with Gasteiger partial charge in [-0.1, -0.05) is 101 Å². The first-order valence-electron chi connectivity index (χ1n) is 13.0. The Bertz CT molecular complexity index is 1820. The maximum absolute atomic E-state index is 10.2. The van der Waals surface area contributed by atoms with Gasteiger partial charge < -0.3 is 13.9 Å². The van der Waals surface area contributed by atoms with Crippen molar-refractivity contribution in [1.82, 2.24) is 0 Å². The zero-order valence-electron chi connectivity index (χ0n) is 23.0. The lowest BCUT2D eigenvalue weighted by atomic mass is 9.97. The van der Waals surface area contributed by atoms with Gasteiger partial charge in [0.15, 0.2) is 11.5 Å². The number of nitrogens with zero attached hydrogens (tertiary/aromatic N) is 2. The van der Waals surface area contributed by atoms with E-state index in [0.717, 1.165) is 27.8 Å². The Morgan fingerprint density at radius 2 is 1.52 bits per heavy atom. The third-order valence-corrected chi connectivity index (χ3v) is 7.49. The number of benzene rings is 4. The van der Waals surface area contributed by atoms with E-state index in [1.54, 1.807) is 36.5 Å². The Kier molecular flexibility index (Phi) is 8.89. The van der Waals surface area contributed by atoms with Gasteiger partial charge in [-0.2, -0.15) is 5.26 Å². The van der Waals surface area contributed by atoms with Gasteiger partial charge in [-0.05, 0) is 49.2 Å². The third kappa shape index (κ3) is 6.32. The SMILES string of the molecule is COc1cc(C=Nc2oc(-c3ccc(C)cc3)c(-c3ccc(C)cc3)c2C#N)cc(Cl)c1OCc1ccc(Cl)cc1Cl. The summed E-state index contributed by atoms with van der Waals surface area (Å²) in [6, 6.07) is 26.8. The van der Waals surface area contributed by atoms with E-state index in [0.29, 0.717) is 49.0 Å². The van der Waals surface area contributed by atoms with Gasteiger partial charge in [-0.25, -0.2) is 4.99 Å². The zero-order valence-corrected chi connectivity index (χ0v) is 25.3. The first-order valence-corrected chi connectivity index (χ1v) is 14.1. The lowest BCUT2D eigenvalue weighted by molar-refractivity contribution is 0.285. The second kappa shape index (κ2) is 12.8. The molecule has 0 bridgehead atoms. The molecule has 1 aromatic heterocycles. The highest BCUT2D eigenvalue weighted by molar-refractivity contribution is 6.35. The molecule has 0 saturated carbocycles. The molecular weight excluding hydrogens is 591 g/mol. The molecule has 1 heterocycles. The number of rotatable bonds is 8. The molecule has 0 fully saturated rings. The van der Waals surface area contributed by atoms with Gasteiger partial charge in [0, 0.05) is 33.0 Å². The average Bonchev–Trinajstić information content (AvgIpc) is 3.35. The van der Waals surface area contributed by atoms with Crippen molar-refractivity contribution in [3.05, 3.63) is 122 Å². The van der Waals surface area contributed by atoms with E-state index in [4.69, 9.17) is 48.7 Å². The molecule has 0 unspecified atom stereocenters. The van der Waals surface area contributed by atoms with Crippen molar-refractivity contribution in [2.45, 2.75) is 20.5 Å². The van der Waals surface area contributed by atoms with Gasteiger partial charge in [0.1, 0.15) is 24.0 Å². The second-order valence-corrected chi connectivity index (χ2v) is 10.9. The second-order valence-electron chi connectivity index (χ2n) is 9.65. The largest absolute Gasteiger partial charge is 0.493 e. The van der Waals surface area contributed by atoms with Crippen molar-refractivity contribution in [2.75, 3.05) is 7.11 Å². The fourth-order valence-electron chi connectivity index (χ4n) is 4.39. The Balaban J connectivity index is 1.50. The van der Waals surface area contributed by atoms with Crippen LogP contribution in [-0.2, 0) is 6.61 Å². The van der Waals surface area contributed by atoms with Crippen LogP contribution in [0.25, 0.3) is 22.5 Å². The lowest BCUT2D eigenvalue weighted by Gasteiger charge is -2.14. The van der Waals surface area contributed by atoms with Crippen molar-refractivity contribution in [2.24, 2.45) is 4.99 Å². The normalized spacial score (nSPS) is 11.1.